The molecule has 0 aromatic carbocycles. The van der Waals surface area contributed by atoms with Crippen LogP contribution in [0.3, 0.4) is 0 Å². The van der Waals surface area contributed by atoms with Crippen molar-refractivity contribution in [2.45, 2.75) is 29.6 Å². The molecule has 5 N–H and O–H groups in total. The van der Waals surface area contributed by atoms with Crippen LogP contribution in [0.4, 0.5) is 0 Å². The van der Waals surface area contributed by atoms with E-state index in [1.54, 1.807) is 0 Å². The van der Waals surface area contributed by atoms with Gasteiger partial charge in [0.05, 0.1) is 12.9 Å². The van der Waals surface area contributed by atoms with Crippen LogP contribution in [0.15, 0.2) is 11.4 Å². The summed E-state index contributed by atoms with van der Waals surface area (Å²) in [5, 5.41) is 28.5. The van der Waals surface area contributed by atoms with E-state index in [9.17, 15) is 15.0 Å². The number of imidazole rings is 1. The second kappa shape index (κ2) is 4.86. The van der Waals surface area contributed by atoms with E-state index < -0.39 is 37.1 Å². The molecule has 1 saturated heterocycles. The van der Waals surface area contributed by atoms with Gasteiger partial charge in [0.1, 0.15) is 23.3 Å². The Balaban J connectivity index is 2.30. The first-order valence-corrected chi connectivity index (χ1v) is 5.60. The summed E-state index contributed by atoms with van der Waals surface area (Å²) in [5.41, 5.74) is 5.03. The molecule has 1 aliphatic heterocycles. The highest BCUT2D eigenvalue weighted by Crippen LogP contribution is 2.31. The van der Waals surface area contributed by atoms with Gasteiger partial charge in [-0.3, -0.25) is 9.36 Å². The number of thiol groups is 1. The van der Waals surface area contributed by atoms with Gasteiger partial charge in [-0.2, -0.15) is 0 Å². The number of nitrogens with zero attached hydrogens (tertiary/aromatic N) is 2. The summed E-state index contributed by atoms with van der Waals surface area (Å²) >= 11 is 4.07. The van der Waals surface area contributed by atoms with Crippen LogP contribution >= 0.6 is 12.6 Å². The first-order valence-electron chi connectivity index (χ1n) is 5.15. The van der Waals surface area contributed by atoms with Crippen molar-refractivity contribution in [1.29, 1.82) is 0 Å². The number of aromatic nitrogens is 2. The number of hydrogen-bond donors (Lipinski definition) is 5. The topological polar surface area (TPSA) is 131 Å². The molecule has 8 nitrogen and oxygen atoms in total. The van der Waals surface area contributed by atoms with E-state index in [0.717, 1.165) is 0 Å². The lowest BCUT2D eigenvalue weighted by molar-refractivity contribution is -0.0563. The van der Waals surface area contributed by atoms with Crippen LogP contribution in [0, 0.1) is 0 Å². The van der Waals surface area contributed by atoms with E-state index in [1.807, 2.05) is 0 Å². The van der Waals surface area contributed by atoms with E-state index >= 15 is 0 Å². The van der Waals surface area contributed by atoms with Crippen molar-refractivity contribution in [3.63, 3.8) is 0 Å². The van der Waals surface area contributed by atoms with Crippen molar-refractivity contribution in [2.24, 2.45) is 5.73 Å². The van der Waals surface area contributed by atoms with Crippen LogP contribution in [-0.2, 0) is 4.74 Å². The number of primary amides is 1. The first-order chi connectivity index (χ1) is 8.47. The minimum Gasteiger partial charge on any atom is -0.394 e. The molecule has 9 heteroatoms. The predicted molar refractivity (Wildman–Crippen MR) is 61.0 cm³/mol. The third kappa shape index (κ3) is 1.99. The Morgan fingerprint density at radius 2 is 2.22 bits per heavy atom. The summed E-state index contributed by atoms with van der Waals surface area (Å²) in [5.74, 6) is -0.759. The van der Waals surface area contributed by atoms with Crippen molar-refractivity contribution in [1.82, 2.24) is 9.55 Å². The molecular weight excluding hydrogens is 262 g/mol. The number of aliphatic hydroxyl groups excluding tert-OH is 3. The number of hydrogen-bond acceptors (Lipinski definition) is 7. The number of rotatable bonds is 3. The highest BCUT2D eigenvalue weighted by molar-refractivity contribution is 7.80. The standard InChI is InChI=1S/C9H13N3O5S/c10-7(16)4-9(18)12(2-11-4)8-6(15)5(14)3(1-13)17-8/h2-3,5-6,8,13-15,18H,1H2,(H2,10,16). The quantitative estimate of drug-likeness (QED) is 0.401. The molecular formula is C9H13N3O5S. The van der Waals surface area contributed by atoms with Crippen LogP contribution in [0.1, 0.15) is 16.7 Å². The average molecular weight is 275 g/mol. The lowest BCUT2D eigenvalue weighted by atomic mass is 10.1. The van der Waals surface area contributed by atoms with Crippen molar-refractivity contribution < 1.29 is 24.9 Å². The summed E-state index contributed by atoms with van der Waals surface area (Å²) in [6.45, 7) is -0.437. The Hall–Kier alpha value is -1.13. The van der Waals surface area contributed by atoms with Gasteiger partial charge in [0.15, 0.2) is 11.9 Å². The number of carbonyl (C=O) groups excluding carboxylic acids is 1. The lowest BCUT2D eigenvalue weighted by Gasteiger charge is -2.17. The van der Waals surface area contributed by atoms with Gasteiger partial charge in [-0.1, -0.05) is 0 Å². The molecule has 1 aromatic heterocycles. The van der Waals surface area contributed by atoms with Gasteiger partial charge in [0.2, 0.25) is 0 Å². The second-order valence-electron chi connectivity index (χ2n) is 3.92. The minimum atomic E-state index is -1.26. The van der Waals surface area contributed by atoms with Gasteiger partial charge < -0.3 is 25.8 Å². The molecule has 1 aromatic rings. The van der Waals surface area contributed by atoms with Crippen molar-refractivity contribution in [3.8, 4) is 0 Å². The van der Waals surface area contributed by atoms with Gasteiger partial charge >= 0.3 is 0 Å². The summed E-state index contributed by atoms with van der Waals surface area (Å²) < 4.78 is 6.54. The van der Waals surface area contributed by atoms with Crippen LogP contribution < -0.4 is 5.73 Å². The normalized spacial score (nSPS) is 31.8. The Bertz CT molecular complexity index is 465. The van der Waals surface area contributed by atoms with Gasteiger partial charge in [0, 0.05) is 0 Å². The Kier molecular flexibility index (Phi) is 3.59. The Labute approximate surface area is 107 Å². The highest BCUT2D eigenvalue weighted by atomic mass is 32.1. The van der Waals surface area contributed by atoms with E-state index in [2.05, 4.69) is 17.6 Å². The number of aliphatic hydroxyl groups is 3. The highest BCUT2D eigenvalue weighted by Gasteiger charge is 2.44. The number of carbonyl (C=O) groups is 1. The van der Waals surface area contributed by atoms with Crippen LogP contribution in [0.5, 0.6) is 0 Å². The zero-order valence-electron chi connectivity index (χ0n) is 9.17. The third-order valence-electron chi connectivity index (χ3n) is 2.79. The molecule has 2 heterocycles. The maximum Gasteiger partial charge on any atom is 0.270 e. The van der Waals surface area contributed by atoms with E-state index in [0.29, 0.717) is 0 Å². The Morgan fingerprint density at radius 3 is 2.67 bits per heavy atom. The minimum absolute atomic E-state index is 0.0592. The maximum absolute atomic E-state index is 11.0. The summed E-state index contributed by atoms with van der Waals surface area (Å²) in [7, 11) is 0. The molecule has 0 spiro atoms. The zero-order chi connectivity index (χ0) is 13.4. The van der Waals surface area contributed by atoms with Crippen molar-refractivity contribution in [2.75, 3.05) is 6.61 Å². The first kappa shape index (κ1) is 13.3. The van der Waals surface area contributed by atoms with Crippen LogP contribution in [-0.4, -0.2) is 55.7 Å². The molecule has 1 fully saturated rings. The SMILES string of the molecule is NC(=O)c1ncn(C2OC(CO)C(O)C2O)c1S. The molecule has 0 aliphatic carbocycles. The summed E-state index contributed by atoms with van der Waals surface area (Å²) in [6, 6.07) is 0. The largest absolute Gasteiger partial charge is 0.394 e. The Morgan fingerprint density at radius 1 is 1.56 bits per heavy atom. The molecule has 1 aliphatic rings. The van der Waals surface area contributed by atoms with Crippen LogP contribution in [0.2, 0.25) is 0 Å². The average Bonchev–Trinajstić information content (AvgIpc) is 2.82. The van der Waals surface area contributed by atoms with Gasteiger partial charge in [-0.15, -0.1) is 12.6 Å². The van der Waals surface area contributed by atoms with Crippen molar-refractivity contribution in [3.05, 3.63) is 12.0 Å². The number of amides is 1. The predicted octanol–water partition coefficient (Wildman–Crippen LogP) is -2.12. The van der Waals surface area contributed by atoms with Gasteiger partial charge in [-0.25, -0.2) is 4.98 Å². The van der Waals surface area contributed by atoms with Crippen LogP contribution in [0.25, 0.3) is 0 Å². The van der Waals surface area contributed by atoms with E-state index in [1.165, 1.54) is 10.9 Å². The monoisotopic (exact) mass is 275 g/mol. The molecule has 18 heavy (non-hydrogen) atoms. The third-order valence-corrected chi connectivity index (χ3v) is 3.24. The molecule has 0 saturated carbocycles. The lowest BCUT2D eigenvalue weighted by Crippen LogP contribution is -2.33. The molecule has 0 bridgehead atoms. The fraction of sp³-hybridized carbons (Fsp3) is 0.556. The number of nitrogens with two attached hydrogens (primary N) is 1. The molecule has 1 amide bonds. The fourth-order valence-corrected chi connectivity index (χ4v) is 2.16. The molecule has 4 atom stereocenters. The summed E-state index contributed by atoms with van der Waals surface area (Å²) in [6.07, 6.45) is -3.15. The maximum atomic E-state index is 11.0. The van der Waals surface area contributed by atoms with Crippen molar-refractivity contribution >= 4 is 18.5 Å². The van der Waals surface area contributed by atoms with Gasteiger partial charge in [0.25, 0.3) is 5.91 Å². The van der Waals surface area contributed by atoms with Gasteiger partial charge in [-0.05, 0) is 0 Å². The van der Waals surface area contributed by atoms with E-state index in [4.69, 9.17) is 15.6 Å². The zero-order valence-corrected chi connectivity index (χ0v) is 10.1. The second-order valence-corrected chi connectivity index (χ2v) is 4.34. The number of ether oxygens (including phenoxy) is 1. The molecule has 2 rings (SSSR count). The van der Waals surface area contributed by atoms with E-state index in [-0.39, 0.29) is 10.7 Å². The summed E-state index contributed by atoms with van der Waals surface area (Å²) in [4.78, 5) is 14.8. The molecule has 0 radical (unpaired) electrons. The smallest absolute Gasteiger partial charge is 0.270 e. The fourth-order valence-electron chi connectivity index (χ4n) is 1.82. The molecule has 4 unspecified atom stereocenters. The molecule has 100 valence electrons.